The summed E-state index contributed by atoms with van der Waals surface area (Å²) in [6, 6.07) is 8.79. The van der Waals surface area contributed by atoms with Crippen molar-refractivity contribution in [2.75, 3.05) is 0 Å². The molecule has 2 saturated carbocycles. The van der Waals surface area contributed by atoms with Gasteiger partial charge in [0.1, 0.15) is 17.8 Å². The van der Waals surface area contributed by atoms with E-state index in [0.717, 1.165) is 5.56 Å². The third-order valence-electron chi connectivity index (χ3n) is 15.1. The molecule has 5 aliphatic rings. The average molecular weight is 730 g/mol. The number of aliphatic hydroxyl groups is 3. The Hall–Kier alpha value is -3.93. The van der Waals surface area contributed by atoms with Crippen LogP contribution in [-0.2, 0) is 19.2 Å². The van der Waals surface area contributed by atoms with E-state index in [9.17, 15) is 34.8 Å². The SMILES string of the molecule is C[C@@H](C(=O)O)C(=O)[C@@H](O)[C@@H]1[C@H](N=C(N)N)C=C[C@]2(C[C@H](O)[C@]3(C)C4=C(C(=O)C[C@]23C)[C@@]2(C)CCC(=O)C(C)(C)[C@@H]2[C@@H](C=Cc2ccccc2)[C@H]4O)[C@H]1C. The zero-order chi connectivity index (χ0) is 39.2. The largest absolute Gasteiger partial charge is 0.481 e. The number of aliphatic carboxylic acids is 1. The van der Waals surface area contributed by atoms with Gasteiger partial charge in [-0.05, 0) is 48.2 Å². The number of Topliss-reactive ketones (excluding diaryl/α,β-unsaturated/α-hetero) is 3. The van der Waals surface area contributed by atoms with Gasteiger partial charge >= 0.3 is 5.97 Å². The van der Waals surface area contributed by atoms with Crippen LogP contribution in [0, 0.1) is 56.7 Å². The molecule has 286 valence electrons. The number of allylic oxidation sites excluding steroid dienone is 2. The number of aliphatic hydroxyl groups excluding tert-OH is 3. The minimum Gasteiger partial charge on any atom is -0.481 e. The highest BCUT2D eigenvalue weighted by atomic mass is 16.4. The zero-order valence-electron chi connectivity index (χ0n) is 31.7. The summed E-state index contributed by atoms with van der Waals surface area (Å²) in [7, 11) is 0. The van der Waals surface area contributed by atoms with Crippen molar-refractivity contribution < 1.29 is 39.6 Å². The summed E-state index contributed by atoms with van der Waals surface area (Å²) in [4.78, 5) is 58.3. The highest BCUT2D eigenvalue weighted by Crippen LogP contribution is 2.77. The van der Waals surface area contributed by atoms with Crippen molar-refractivity contribution in [2.24, 2.45) is 73.1 Å². The summed E-state index contributed by atoms with van der Waals surface area (Å²) in [5, 5.41) is 46.6. The predicted octanol–water partition coefficient (Wildman–Crippen LogP) is 3.85. The third kappa shape index (κ3) is 5.28. The molecule has 13 atom stereocenters. The number of carbonyl (C=O) groups is 4. The second kappa shape index (κ2) is 12.8. The van der Waals surface area contributed by atoms with Crippen LogP contribution in [0.1, 0.15) is 79.7 Å². The lowest BCUT2D eigenvalue weighted by atomic mass is 9.38. The number of carboxylic acid groups (broad SMARTS) is 1. The first-order chi connectivity index (χ1) is 24.6. The molecule has 0 unspecified atom stereocenters. The van der Waals surface area contributed by atoms with Crippen molar-refractivity contribution >= 4 is 35.4 Å². The highest BCUT2D eigenvalue weighted by molar-refractivity contribution is 6.02. The number of carboxylic acids is 1. The van der Waals surface area contributed by atoms with Crippen molar-refractivity contribution in [1.82, 2.24) is 0 Å². The fraction of sp³-hybridized carbons (Fsp3) is 0.595. The minimum absolute atomic E-state index is 0.00273. The summed E-state index contributed by atoms with van der Waals surface area (Å²) in [5.41, 5.74) is 8.59. The summed E-state index contributed by atoms with van der Waals surface area (Å²) < 4.78 is 0. The van der Waals surface area contributed by atoms with Crippen LogP contribution in [0.15, 0.2) is 64.7 Å². The number of rotatable bonds is 7. The maximum Gasteiger partial charge on any atom is 0.313 e. The molecule has 11 heteroatoms. The van der Waals surface area contributed by atoms with Gasteiger partial charge in [0.15, 0.2) is 17.5 Å². The van der Waals surface area contributed by atoms with E-state index in [-0.39, 0.29) is 36.8 Å². The fourth-order valence-corrected chi connectivity index (χ4v) is 12.2. The van der Waals surface area contributed by atoms with Crippen molar-refractivity contribution in [2.45, 2.75) is 98.5 Å². The minimum atomic E-state index is -1.78. The Kier molecular flexibility index (Phi) is 9.40. The van der Waals surface area contributed by atoms with Crippen LogP contribution < -0.4 is 11.5 Å². The lowest BCUT2D eigenvalue weighted by molar-refractivity contribution is -0.155. The molecule has 0 aliphatic heterocycles. The van der Waals surface area contributed by atoms with Crippen molar-refractivity contribution in [1.29, 1.82) is 0 Å². The number of guanidine groups is 1. The summed E-state index contributed by atoms with van der Waals surface area (Å²) in [6.45, 7) is 12.8. The predicted molar refractivity (Wildman–Crippen MR) is 200 cm³/mol. The van der Waals surface area contributed by atoms with Gasteiger partial charge in [-0.25, -0.2) is 4.99 Å². The van der Waals surface area contributed by atoms with Gasteiger partial charge in [-0.15, -0.1) is 0 Å². The van der Waals surface area contributed by atoms with Gasteiger partial charge in [0.25, 0.3) is 0 Å². The van der Waals surface area contributed by atoms with Crippen LogP contribution >= 0.6 is 0 Å². The average Bonchev–Trinajstić information content (AvgIpc) is 3.26. The molecule has 5 aliphatic carbocycles. The first kappa shape index (κ1) is 38.8. The third-order valence-corrected chi connectivity index (χ3v) is 15.1. The molecule has 0 amide bonds. The first-order valence-electron chi connectivity index (χ1n) is 18.8. The number of hydrogen-bond acceptors (Lipinski definition) is 8. The van der Waals surface area contributed by atoms with Gasteiger partial charge in [-0.1, -0.05) is 96.2 Å². The van der Waals surface area contributed by atoms with Crippen LogP contribution in [0.5, 0.6) is 0 Å². The number of fused-ring (bicyclic) bond motifs is 5. The molecule has 1 aromatic carbocycles. The monoisotopic (exact) mass is 729 g/mol. The van der Waals surface area contributed by atoms with Gasteiger partial charge in [0.05, 0.1) is 18.2 Å². The first-order valence-corrected chi connectivity index (χ1v) is 18.8. The quantitative estimate of drug-likeness (QED) is 0.103. The molecule has 0 heterocycles. The maximum absolute atomic E-state index is 15.0. The molecule has 0 aromatic heterocycles. The molecule has 2 fully saturated rings. The van der Waals surface area contributed by atoms with E-state index in [4.69, 9.17) is 11.5 Å². The molecule has 0 bridgehead atoms. The lowest BCUT2D eigenvalue weighted by Crippen LogP contribution is -2.64. The summed E-state index contributed by atoms with van der Waals surface area (Å²) >= 11 is 0. The Labute approximate surface area is 311 Å². The molecule has 1 spiro atoms. The Morgan fingerprint density at radius 3 is 2.28 bits per heavy atom. The number of carbonyl (C=O) groups excluding carboxylic acids is 3. The molecular weight excluding hydrogens is 674 g/mol. The van der Waals surface area contributed by atoms with Gasteiger partial charge in [-0.2, -0.15) is 0 Å². The second-order valence-electron chi connectivity index (χ2n) is 17.7. The molecule has 0 radical (unpaired) electrons. The number of benzene rings is 1. The van der Waals surface area contributed by atoms with E-state index in [0.29, 0.717) is 17.6 Å². The Morgan fingerprint density at radius 2 is 1.68 bits per heavy atom. The van der Waals surface area contributed by atoms with E-state index in [1.165, 1.54) is 6.92 Å². The van der Waals surface area contributed by atoms with Crippen LogP contribution in [0.4, 0.5) is 0 Å². The standard InChI is InChI=1S/C42H55N3O8/c1-21(36(52)53)32(49)34(51)29-22(2)42(18-15-25(29)45-37(43)44)20-28(48)41(7)31-30(26(46)19-40(41,42)6)39(5)17-16-27(47)38(3,4)35(39)24(33(31)50)14-13-23-11-9-8-10-12-23/h8-15,18,21-22,24-25,28-29,33-35,48,50-51H,16-17,19-20H2,1-7H3,(H,52,53)(H4,43,44,45)/t21-,22+,24+,25-,28+,29+,33-,34+,35+,39-,40+,41-,42+/m1/s1. The topological polar surface area (TPSA) is 214 Å². The fourth-order valence-electron chi connectivity index (χ4n) is 12.2. The van der Waals surface area contributed by atoms with Gasteiger partial charge < -0.3 is 31.9 Å². The van der Waals surface area contributed by atoms with Crippen molar-refractivity contribution in [3.8, 4) is 0 Å². The highest BCUT2D eigenvalue weighted by Gasteiger charge is 2.76. The maximum atomic E-state index is 15.0. The molecule has 11 nitrogen and oxygen atoms in total. The van der Waals surface area contributed by atoms with E-state index in [2.05, 4.69) is 4.99 Å². The van der Waals surface area contributed by atoms with Crippen molar-refractivity contribution in [3.05, 3.63) is 65.3 Å². The second-order valence-corrected chi connectivity index (χ2v) is 17.7. The van der Waals surface area contributed by atoms with Gasteiger partial charge in [0.2, 0.25) is 0 Å². The van der Waals surface area contributed by atoms with Crippen LogP contribution in [0.25, 0.3) is 6.08 Å². The lowest BCUT2D eigenvalue weighted by Gasteiger charge is -2.64. The molecule has 53 heavy (non-hydrogen) atoms. The van der Waals surface area contributed by atoms with Crippen LogP contribution in [0.3, 0.4) is 0 Å². The number of hydrogen-bond donors (Lipinski definition) is 6. The van der Waals surface area contributed by atoms with Gasteiger partial charge in [0, 0.05) is 51.9 Å². The summed E-state index contributed by atoms with van der Waals surface area (Å²) in [5.74, 6) is -6.77. The smallest absolute Gasteiger partial charge is 0.313 e. The Bertz CT molecular complexity index is 1850. The molecule has 6 rings (SSSR count). The molecular formula is C42H55N3O8. The number of ketones is 3. The van der Waals surface area contributed by atoms with Crippen molar-refractivity contribution in [3.63, 3.8) is 0 Å². The molecule has 8 N–H and O–H groups in total. The van der Waals surface area contributed by atoms with E-state index in [1.54, 1.807) is 6.08 Å². The number of aliphatic imine (C=N–C) groups is 1. The number of nitrogens with zero attached hydrogens (tertiary/aromatic N) is 1. The van der Waals surface area contributed by atoms with E-state index in [1.807, 2.05) is 90.1 Å². The van der Waals surface area contributed by atoms with Gasteiger partial charge in [-0.3, -0.25) is 19.2 Å². The van der Waals surface area contributed by atoms with Crippen LogP contribution in [-0.4, -0.2) is 74.1 Å². The van der Waals surface area contributed by atoms with Crippen LogP contribution in [0.2, 0.25) is 0 Å². The van der Waals surface area contributed by atoms with E-state index >= 15 is 4.79 Å². The number of nitrogens with two attached hydrogens (primary N) is 2. The Balaban J connectivity index is 1.56. The normalized spacial score (nSPS) is 41.4. The van der Waals surface area contributed by atoms with E-state index < -0.39 is 92.8 Å². The molecule has 1 aromatic rings. The Morgan fingerprint density at radius 1 is 1.04 bits per heavy atom. The zero-order valence-corrected chi connectivity index (χ0v) is 31.7. The summed E-state index contributed by atoms with van der Waals surface area (Å²) in [6.07, 6.45) is 4.28. The molecule has 0 saturated heterocycles.